The van der Waals surface area contributed by atoms with E-state index in [-0.39, 0.29) is 5.56 Å². The van der Waals surface area contributed by atoms with Crippen molar-refractivity contribution in [2.75, 3.05) is 19.0 Å². The molecule has 0 saturated carbocycles. The number of hydrogen-bond donors (Lipinski definition) is 2. The molecule has 3 aromatic rings. The van der Waals surface area contributed by atoms with Gasteiger partial charge in [0.05, 0.1) is 7.11 Å². The lowest BCUT2D eigenvalue weighted by Crippen LogP contribution is -2.11. The minimum absolute atomic E-state index is 0.0333. The summed E-state index contributed by atoms with van der Waals surface area (Å²) in [4.78, 5) is 15.1. The standard InChI is InChI=1S/C19H18N2O2/c1-11-10-20-18-17(11)15-9-13(5-8-16(15)21-19(18)22)12-3-6-14(23-2)7-4-12/h3-9,11,20H,10H2,1-2H3,(H,21,22). The first-order chi connectivity index (χ1) is 11.2. The molecule has 2 heterocycles. The van der Waals surface area contributed by atoms with Crippen molar-refractivity contribution in [3.8, 4) is 16.9 Å². The van der Waals surface area contributed by atoms with Gasteiger partial charge < -0.3 is 15.0 Å². The first-order valence-corrected chi connectivity index (χ1v) is 7.75. The highest BCUT2D eigenvalue weighted by Crippen LogP contribution is 2.35. The van der Waals surface area contributed by atoms with Crippen molar-refractivity contribution < 1.29 is 4.74 Å². The number of rotatable bonds is 2. The second kappa shape index (κ2) is 5.16. The van der Waals surface area contributed by atoms with Crippen LogP contribution in [0.1, 0.15) is 18.4 Å². The molecule has 1 aromatic heterocycles. The second-order valence-electron chi connectivity index (χ2n) is 6.01. The highest BCUT2D eigenvalue weighted by molar-refractivity contribution is 5.91. The Kier molecular flexibility index (Phi) is 3.11. The summed E-state index contributed by atoms with van der Waals surface area (Å²) >= 11 is 0. The molecular weight excluding hydrogens is 288 g/mol. The lowest BCUT2D eigenvalue weighted by atomic mass is 9.96. The maximum absolute atomic E-state index is 12.2. The van der Waals surface area contributed by atoms with Crippen LogP contribution in [0.4, 0.5) is 5.69 Å². The quantitative estimate of drug-likeness (QED) is 0.758. The van der Waals surface area contributed by atoms with E-state index in [0.717, 1.165) is 45.6 Å². The van der Waals surface area contributed by atoms with Crippen molar-refractivity contribution in [2.24, 2.45) is 0 Å². The Bertz CT molecular complexity index is 942. The maximum atomic E-state index is 12.2. The van der Waals surface area contributed by atoms with E-state index in [0.29, 0.717) is 5.92 Å². The Morgan fingerprint density at radius 2 is 1.83 bits per heavy atom. The molecule has 2 N–H and O–H groups in total. The summed E-state index contributed by atoms with van der Waals surface area (Å²) < 4.78 is 5.22. The van der Waals surface area contributed by atoms with Crippen molar-refractivity contribution >= 4 is 16.6 Å². The van der Waals surface area contributed by atoms with Gasteiger partial charge in [-0.25, -0.2) is 0 Å². The van der Waals surface area contributed by atoms with E-state index in [4.69, 9.17) is 4.74 Å². The minimum Gasteiger partial charge on any atom is -0.497 e. The summed E-state index contributed by atoms with van der Waals surface area (Å²) in [6.45, 7) is 2.96. The lowest BCUT2D eigenvalue weighted by molar-refractivity contribution is 0.415. The summed E-state index contributed by atoms with van der Waals surface area (Å²) in [6, 6.07) is 14.2. The molecule has 0 amide bonds. The number of hydrogen-bond acceptors (Lipinski definition) is 3. The monoisotopic (exact) mass is 306 g/mol. The highest BCUT2D eigenvalue weighted by atomic mass is 16.5. The van der Waals surface area contributed by atoms with Crippen LogP contribution >= 0.6 is 0 Å². The van der Waals surface area contributed by atoms with Gasteiger partial charge in [0, 0.05) is 23.4 Å². The summed E-state index contributed by atoms with van der Waals surface area (Å²) in [5, 5.41) is 4.34. The molecular formula is C19H18N2O2. The Morgan fingerprint density at radius 1 is 1.09 bits per heavy atom. The van der Waals surface area contributed by atoms with Gasteiger partial charge in [-0.3, -0.25) is 4.79 Å². The van der Waals surface area contributed by atoms with Gasteiger partial charge in [-0.05, 0) is 41.0 Å². The molecule has 4 rings (SSSR count). The largest absolute Gasteiger partial charge is 0.497 e. The third kappa shape index (κ3) is 2.18. The van der Waals surface area contributed by atoms with Crippen LogP contribution in [0.2, 0.25) is 0 Å². The average molecular weight is 306 g/mol. The van der Waals surface area contributed by atoms with E-state index >= 15 is 0 Å². The first-order valence-electron chi connectivity index (χ1n) is 7.75. The fraction of sp³-hybridized carbons (Fsp3) is 0.211. The van der Waals surface area contributed by atoms with Gasteiger partial charge in [-0.2, -0.15) is 0 Å². The molecule has 116 valence electrons. The highest BCUT2D eigenvalue weighted by Gasteiger charge is 2.24. The van der Waals surface area contributed by atoms with E-state index in [2.05, 4.69) is 23.3 Å². The number of aromatic amines is 1. The molecule has 0 bridgehead atoms. The zero-order chi connectivity index (χ0) is 16.0. The molecule has 0 fully saturated rings. The normalized spacial score (nSPS) is 16.2. The molecule has 1 aliphatic heterocycles. The number of anilines is 1. The van der Waals surface area contributed by atoms with Crippen molar-refractivity contribution in [3.05, 3.63) is 58.4 Å². The van der Waals surface area contributed by atoms with Crippen LogP contribution in [0, 0.1) is 0 Å². The second-order valence-corrected chi connectivity index (χ2v) is 6.01. The number of benzene rings is 2. The zero-order valence-corrected chi connectivity index (χ0v) is 13.1. The summed E-state index contributed by atoms with van der Waals surface area (Å²) in [6.07, 6.45) is 0. The topological polar surface area (TPSA) is 54.1 Å². The van der Waals surface area contributed by atoms with Crippen LogP contribution in [-0.2, 0) is 0 Å². The first kappa shape index (κ1) is 13.9. The molecule has 2 aromatic carbocycles. The van der Waals surface area contributed by atoms with E-state index in [1.54, 1.807) is 7.11 Å². The predicted molar refractivity (Wildman–Crippen MR) is 93.5 cm³/mol. The van der Waals surface area contributed by atoms with Gasteiger partial charge in [-0.1, -0.05) is 25.1 Å². The number of aromatic nitrogens is 1. The number of ether oxygens (including phenoxy) is 1. The average Bonchev–Trinajstić information content (AvgIpc) is 2.98. The number of H-pyrrole nitrogens is 1. The number of fused-ring (bicyclic) bond motifs is 3. The van der Waals surface area contributed by atoms with Gasteiger partial charge >= 0.3 is 0 Å². The molecule has 1 aliphatic rings. The molecule has 4 heteroatoms. The van der Waals surface area contributed by atoms with Gasteiger partial charge in [0.15, 0.2) is 0 Å². The fourth-order valence-corrected chi connectivity index (χ4v) is 3.33. The van der Waals surface area contributed by atoms with Crippen LogP contribution in [0.5, 0.6) is 5.75 Å². The minimum atomic E-state index is -0.0333. The summed E-state index contributed by atoms with van der Waals surface area (Å²) in [7, 11) is 1.67. The Balaban J connectivity index is 1.92. The smallest absolute Gasteiger partial charge is 0.272 e. The number of methoxy groups -OCH3 is 1. The predicted octanol–water partition coefficient (Wildman–Crippen LogP) is 3.73. The number of pyridine rings is 1. The summed E-state index contributed by atoms with van der Waals surface area (Å²) in [5.41, 5.74) is 4.96. The Morgan fingerprint density at radius 3 is 2.57 bits per heavy atom. The van der Waals surface area contributed by atoms with Crippen molar-refractivity contribution in [3.63, 3.8) is 0 Å². The van der Waals surface area contributed by atoms with Gasteiger partial charge in [0.25, 0.3) is 5.56 Å². The number of nitrogens with one attached hydrogen (secondary N) is 2. The van der Waals surface area contributed by atoms with Crippen molar-refractivity contribution in [1.29, 1.82) is 0 Å². The molecule has 0 aliphatic carbocycles. The molecule has 0 spiro atoms. The van der Waals surface area contributed by atoms with Crippen molar-refractivity contribution in [2.45, 2.75) is 12.8 Å². The van der Waals surface area contributed by atoms with Gasteiger partial charge in [-0.15, -0.1) is 0 Å². The van der Waals surface area contributed by atoms with E-state index in [1.807, 2.05) is 36.4 Å². The molecule has 0 radical (unpaired) electrons. The summed E-state index contributed by atoms with van der Waals surface area (Å²) in [5.74, 6) is 1.18. The van der Waals surface area contributed by atoms with Crippen LogP contribution in [0.15, 0.2) is 47.3 Å². The van der Waals surface area contributed by atoms with Crippen LogP contribution in [0.3, 0.4) is 0 Å². The molecule has 1 unspecified atom stereocenters. The molecule has 0 saturated heterocycles. The Labute approximate surface area is 134 Å². The zero-order valence-electron chi connectivity index (χ0n) is 13.1. The third-order valence-corrected chi connectivity index (χ3v) is 4.56. The molecule has 23 heavy (non-hydrogen) atoms. The van der Waals surface area contributed by atoms with Crippen LogP contribution in [0.25, 0.3) is 22.0 Å². The van der Waals surface area contributed by atoms with Crippen molar-refractivity contribution in [1.82, 2.24) is 4.98 Å². The van der Waals surface area contributed by atoms with E-state index < -0.39 is 0 Å². The lowest BCUT2D eigenvalue weighted by Gasteiger charge is -2.10. The third-order valence-electron chi connectivity index (χ3n) is 4.56. The van der Waals surface area contributed by atoms with Crippen LogP contribution in [-0.4, -0.2) is 18.6 Å². The maximum Gasteiger partial charge on any atom is 0.272 e. The van der Waals surface area contributed by atoms with Gasteiger partial charge in [0.2, 0.25) is 0 Å². The Hall–Kier alpha value is -2.75. The van der Waals surface area contributed by atoms with Crippen LogP contribution < -0.4 is 15.6 Å². The molecule has 1 atom stereocenters. The fourth-order valence-electron chi connectivity index (χ4n) is 3.33. The van der Waals surface area contributed by atoms with Gasteiger partial charge in [0.1, 0.15) is 11.4 Å². The van der Waals surface area contributed by atoms with E-state index in [9.17, 15) is 4.79 Å². The van der Waals surface area contributed by atoms with E-state index in [1.165, 1.54) is 0 Å². The molecule has 4 nitrogen and oxygen atoms in total. The SMILES string of the molecule is COc1ccc(-c2ccc3[nH]c(=O)c4c(c3c2)C(C)CN4)cc1.